The minimum atomic E-state index is -0.831. The van der Waals surface area contributed by atoms with Gasteiger partial charge in [0, 0.05) is 39.7 Å². The summed E-state index contributed by atoms with van der Waals surface area (Å²) in [6.45, 7) is 5.71. The number of aliphatic hydroxyl groups is 1. The molecule has 1 heterocycles. The molecular weight excluding hydrogens is 382 g/mol. The zero-order valence-corrected chi connectivity index (χ0v) is 18.2. The first kappa shape index (κ1) is 24.0. The summed E-state index contributed by atoms with van der Waals surface area (Å²) in [7, 11) is 0. The molecule has 30 heavy (non-hydrogen) atoms. The van der Waals surface area contributed by atoms with E-state index in [1.165, 1.54) is 12.5 Å². The van der Waals surface area contributed by atoms with Crippen molar-refractivity contribution in [2.75, 3.05) is 32.8 Å². The van der Waals surface area contributed by atoms with Crippen LogP contribution in [0.1, 0.15) is 51.5 Å². The van der Waals surface area contributed by atoms with E-state index in [0.29, 0.717) is 25.8 Å². The standard InChI is InChI=1S/C23H35N3O4/c1-19(28)23(11-14-25(15-12-23)18-21-9-5-3-6-10-21)26(13-7-4-8-16-27)22(30)17-24-20(2)29/h3,5-6,9-10,27H,4,7-8,11-18H2,1-2H3,(H,24,29). The number of carbonyl (C=O) groups is 3. The number of ketones is 1. The molecule has 0 unspecified atom stereocenters. The van der Waals surface area contributed by atoms with Crippen molar-refractivity contribution in [3.63, 3.8) is 0 Å². The molecule has 2 N–H and O–H groups in total. The van der Waals surface area contributed by atoms with Crippen LogP contribution in [0, 0.1) is 0 Å². The minimum absolute atomic E-state index is 0.000180. The molecule has 2 rings (SSSR count). The molecular formula is C23H35N3O4. The van der Waals surface area contributed by atoms with Crippen LogP contribution in [0.3, 0.4) is 0 Å². The van der Waals surface area contributed by atoms with Crippen LogP contribution in [0.25, 0.3) is 0 Å². The second-order valence-electron chi connectivity index (χ2n) is 8.09. The van der Waals surface area contributed by atoms with Gasteiger partial charge in [0.2, 0.25) is 11.8 Å². The van der Waals surface area contributed by atoms with Crippen molar-refractivity contribution in [2.45, 2.75) is 58.0 Å². The highest BCUT2D eigenvalue weighted by Gasteiger charge is 2.45. The van der Waals surface area contributed by atoms with Gasteiger partial charge in [0.25, 0.3) is 0 Å². The second kappa shape index (κ2) is 11.8. The number of likely N-dealkylation sites (tertiary alicyclic amines) is 1. The fourth-order valence-electron chi connectivity index (χ4n) is 4.17. The first-order valence-corrected chi connectivity index (χ1v) is 10.8. The SMILES string of the molecule is CC(=O)NCC(=O)N(CCCCCO)C1(C(C)=O)CCN(Cc2ccccc2)CC1. The molecule has 0 saturated carbocycles. The molecule has 0 spiro atoms. The Bertz CT molecular complexity index is 700. The number of nitrogens with zero attached hydrogens (tertiary/aromatic N) is 2. The van der Waals surface area contributed by atoms with Crippen molar-refractivity contribution in [1.29, 1.82) is 0 Å². The third-order valence-corrected chi connectivity index (χ3v) is 5.93. The molecule has 0 bridgehead atoms. The molecule has 0 radical (unpaired) electrons. The summed E-state index contributed by atoms with van der Waals surface area (Å²) < 4.78 is 0. The van der Waals surface area contributed by atoms with Gasteiger partial charge in [0.15, 0.2) is 5.78 Å². The summed E-state index contributed by atoms with van der Waals surface area (Å²) in [5.74, 6) is -0.487. The zero-order valence-electron chi connectivity index (χ0n) is 18.2. The van der Waals surface area contributed by atoms with Gasteiger partial charge in [-0.1, -0.05) is 30.3 Å². The van der Waals surface area contributed by atoms with Crippen LogP contribution >= 0.6 is 0 Å². The van der Waals surface area contributed by atoms with Crippen molar-refractivity contribution in [2.24, 2.45) is 0 Å². The van der Waals surface area contributed by atoms with Gasteiger partial charge < -0.3 is 15.3 Å². The maximum atomic E-state index is 13.0. The summed E-state index contributed by atoms with van der Waals surface area (Å²) in [4.78, 5) is 41.1. The Labute approximate surface area is 179 Å². The monoisotopic (exact) mass is 417 g/mol. The van der Waals surface area contributed by atoms with Crippen molar-refractivity contribution in [3.8, 4) is 0 Å². The highest BCUT2D eigenvalue weighted by Crippen LogP contribution is 2.31. The molecule has 7 heteroatoms. The smallest absolute Gasteiger partial charge is 0.242 e. The molecule has 166 valence electrons. The van der Waals surface area contributed by atoms with E-state index in [-0.39, 0.29) is 30.7 Å². The molecule has 0 aromatic heterocycles. The van der Waals surface area contributed by atoms with Crippen molar-refractivity contribution in [1.82, 2.24) is 15.1 Å². The van der Waals surface area contributed by atoms with Crippen LogP contribution in [-0.2, 0) is 20.9 Å². The van der Waals surface area contributed by atoms with E-state index in [2.05, 4.69) is 22.3 Å². The van der Waals surface area contributed by atoms with E-state index in [9.17, 15) is 14.4 Å². The van der Waals surface area contributed by atoms with Gasteiger partial charge >= 0.3 is 0 Å². The van der Waals surface area contributed by atoms with E-state index >= 15 is 0 Å². The van der Waals surface area contributed by atoms with Crippen LogP contribution in [0.4, 0.5) is 0 Å². The van der Waals surface area contributed by atoms with Crippen LogP contribution in [0.5, 0.6) is 0 Å². The molecule has 1 aromatic rings. The van der Waals surface area contributed by atoms with Crippen molar-refractivity contribution >= 4 is 17.6 Å². The Morgan fingerprint density at radius 3 is 2.30 bits per heavy atom. The highest BCUT2D eigenvalue weighted by atomic mass is 16.3. The summed E-state index contributed by atoms with van der Waals surface area (Å²) in [6, 6.07) is 10.2. The maximum Gasteiger partial charge on any atom is 0.242 e. The van der Waals surface area contributed by atoms with Crippen LogP contribution in [-0.4, -0.2) is 70.8 Å². The summed E-state index contributed by atoms with van der Waals surface area (Å²) in [5.41, 5.74) is 0.400. The lowest BCUT2D eigenvalue weighted by molar-refractivity contribution is -0.149. The number of benzene rings is 1. The van der Waals surface area contributed by atoms with Crippen LogP contribution in [0.15, 0.2) is 30.3 Å². The fraction of sp³-hybridized carbons (Fsp3) is 0.609. The normalized spacial score (nSPS) is 16.1. The van der Waals surface area contributed by atoms with E-state index in [4.69, 9.17) is 5.11 Å². The Morgan fingerprint density at radius 2 is 1.73 bits per heavy atom. The molecule has 0 aliphatic carbocycles. The summed E-state index contributed by atoms with van der Waals surface area (Å²) in [6.07, 6.45) is 3.34. The molecule has 1 aromatic carbocycles. The number of rotatable bonds is 11. The van der Waals surface area contributed by atoms with Gasteiger partial charge in [0.05, 0.1) is 6.54 Å². The van der Waals surface area contributed by atoms with Gasteiger partial charge in [0.1, 0.15) is 5.54 Å². The maximum absolute atomic E-state index is 13.0. The molecule has 1 aliphatic rings. The van der Waals surface area contributed by atoms with Gasteiger partial charge in [-0.2, -0.15) is 0 Å². The number of amides is 2. The molecule has 1 saturated heterocycles. The fourth-order valence-corrected chi connectivity index (χ4v) is 4.17. The molecule has 1 aliphatic heterocycles. The highest BCUT2D eigenvalue weighted by molar-refractivity contribution is 5.93. The number of piperidine rings is 1. The first-order chi connectivity index (χ1) is 14.4. The minimum Gasteiger partial charge on any atom is -0.396 e. The lowest BCUT2D eigenvalue weighted by atomic mass is 9.81. The van der Waals surface area contributed by atoms with Crippen LogP contribution < -0.4 is 5.32 Å². The molecule has 7 nitrogen and oxygen atoms in total. The number of Topliss-reactive ketones (excluding diaryl/α,β-unsaturated/α-hetero) is 1. The van der Waals surface area contributed by atoms with Crippen LogP contribution in [0.2, 0.25) is 0 Å². The molecule has 1 fully saturated rings. The van der Waals surface area contributed by atoms with Gasteiger partial charge in [-0.15, -0.1) is 0 Å². The average molecular weight is 418 g/mol. The van der Waals surface area contributed by atoms with Gasteiger partial charge in [-0.3, -0.25) is 19.3 Å². The average Bonchev–Trinajstić information content (AvgIpc) is 2.73. The summed E-state index contributed by atoms with van der Waals surface area (Å²) >= 11 is 0. The molecule has 2 amide bonds. The number of hydrogen-bond donors (Lipinski definition) is 2. The first-order valence-electron chi connectivity index (χ1n) is 10.8. The quantitative estimate of drug-likeness (QED) is 0.535. The third-order valence-electron chi connectivity index (χ3n) is 5.93. The van der Waals surface area contributed by atoms with E-state index in [1.807, 2.05) is 18.2 Å². The Morgan fingerprint density at radius 1 is 1.07 bits per heavy atom. The number of nitrogens with one attached hydrogen (secondary N) is 1. The summed E-state index contributed by atoms with van der Waals surface area (Å²) in [5, 5.41) is 11.6. The molecule has 0 atom stereocenters. The largest absolute Gasteiger partial charge is 0.396 e. The Kier molecular flexibility index (Phi) is 9.46. The van der Waals surface area contributed by atoms with E-state index in [1.54, 1.807) is 11.8 Å². The Hall–Kier alpha value is -2.25. The number of unbranched alkanes of at least 4 members (excludes halogenated alkanes) is 2. The van der Waals surface area contributed by atoms with Gasteiger partial charge in [-0.25, -0.2) is 0 Å². The topological polar surface area (TPSA) is 90.0 Å². The lowest BCUT2D eigenvalue weighted by Crippen LogP contribution is -2.62. The second-order valence-corrected chi connectivity index (χ2v) is 8.09. The van der Waals surface area contributed by atoms with E-state index in [0.717, 1.165) is 32.5 Å². The third kappa shape index (κ3) is 6.64. The predicted molar refractivity (Wildman–Crippen MR) is 116 cm³/mol. The number of hydrogen-bond acceptors (Lipinski definition) is 5. The van der Waals surface area contributed by atoms with E-state index < -0.39 is 5.54 Å². The number of aliphatic hydroxyl groups excluding tert-OH is 1. The predicted octanol–water partition coefficient (Wildman–Crippen LogP) is 1.74. The van der Waals surface area contributed by atoms with Crippen molar-refractivity contribution in [3.05, 3.63) is 35.9 Å². The van der Waals surface area contributed by atoms with Gasteiger partial charge in [-0.05, 0) is 44.6 Å². The number of carbonyl (C=O) groups excluding carboxylic acids is 3. The lowest BCUT2D eigenvalue weighted by Gasteiger charge is -2.47. The van der Waals surface area contributed by atoms with Crippen molar-refractivity contribution < 1.29 is 19.5 Å². The Balaban J connectivity index is 2.11. The zero-order chi connectivity index (χ0) is 22.0.